The molecule has 3 atom stereocenters. The number of likely N-dealkylation sites (tertiary alicyclic amines) is 1. The second-order valence-corrected chi connectivity index (χ2v) is 5.74. The summed E-state index contributed by atoms with van der Waals surface area (Å²) in [6.45, 7) is 5.82. The van der Waals surface area contributed by atoms with Crippen molar-refractivity contribution in [1.82, 2.24) is 4.90 Å². The van der Waals surface area contributed by atoms with Crippen LogP contribution in [0.5, 0.6) is 0 Å². The minimum atomic E-state index is 0.688. The van der Waals surface area contributed by atoms with Crippen LogP contribution < -0.4 is 0 Å². The first-order valence-corrected chi connectivity index (χ1v) is 6.73. The largest absolute Gasteiger partial charge is 0.289 e. The summed E-state index contributed by atoms with van der Waals surface area (Å²) >= 11 is 0. The second-order valence-electron chi connectivity index (χ2n) is 5.74. The molecule has 0 saturated carbocycles. The predicted octanol–water partition coefficient (Wildman–Crippen LogP) is 3.47. The first-order chi connectivity index (χ1) is 8.25. The fourth-order valence-electron chi connectivity index (χ4n) is 3.57. The number of benzene rings is 1. The molecule has 2 bridgehead atoms. The van der Waals surface area contributed by atoms with Crippen LogP contribution in [0.1, 0.15) is 25.8 Å². The van der Waals surface area contributed by atoms with E-state index in [-0.39, 0.29) is 0 Å². The molecule has 1 fully saturated rings. The molecule has 3 rings (SSSR count). The molecule has 2 aliphatic rings. The van der Waals surface area contributed by atoms with Gasteiger partial charge in [-0.05, 0) is 23.8 Å². The summed E-state index contributed by atoms with van der Waals surface area (Å²) in [6.07, 6.45) is 6.19. The van der Waals surface area contributed by atoms with Crippen LogP contribution in [-0.2, 0) is 6.54 Å². The first-order valence-electron chi connectivity index (χ1n) is 6.73. The van der Waals surface area contributed by atoms with Gasteiger partial charge < -0.3 is 0 Å². The quantitative estimate of drug-likeness (QED) is 0.715. The Morgan fingerprint density at radius 2 is 1.94 bits per heavy atom. The third kappa shape index (κ3) is 1.93. The Hall–Kier alpha value is -1.08. The number of hydrogen-bond donors (Lipinski definition) is 0. The summed E-state index contributed by atoms with van der Waals surface area (Å²) in [5.74, 6) is 1.54. The van der Waals surface area contributed by atoms with E-state index in [9.17, 15) is 0 Å². The molecule has 0 radical (unpaired) electrons. The van der Waals surface area contributed by atoms with Gasteiger partial charge in [-0.15, -0.1) is 0 Å². The van der Waals surface area contributed by atoms with Crippen molar-refractivity contribution in [1.29, 1.82) is 0 Å². The Morgan fingerprint density at radius 1 is 1.18 bits per heavy atom. The van der Waals surface area contributed by atoms with E-state index >= 15 is 0 Å². The Balaban J connectivity index is 1.80. The van der Waals surface area contributed by atoms with E-state index in [0.717, 1.165) is 24.4 Å². The Kier molecular flexibility index (Phi) is 2.79. The highest BCUT2D eigenvalue weighted by molar-refractivity contribution is 5.21. The van der Waals surface area contributed by atoms with Crippen molar-refractivity contribution in [3.63, 3.8) is 0 Å². The van der Waals surface area contributed by atoms with Crippen molar-refractivity contribution in [3.05, 3.63) is 48.0 Å². The molecule has 0 spiro atoms. The lowest BCUT2D eigenvalue weighted by atomic mass is 9.91. The van der Waals surface area contributed by atoms with E-state index in [2.05, 4.69) is 61.2 Å². The number of rotatable bonds is 3. The lowest BCUT2D eigenvalue weighted by Gasteiger charge is -2.35. The number of nitrogens with zero attached hydrogens (tertiary/aromatic N) is 1. The van der Waals surface area contributed by atoms with Gasteiger partial charge in [-0.2, -0.15) is 0 Å². The van der Waals surface area contributed by atoms with Gasteiger partial charge in [0, 0.05) is 18.6 Å². The Labute approximate surface area is 104 Å². The molecular weight excluding hydrogens is 206 g/mol. The predicted molar refractivity (Wildman–Crippen MR) is 71.6 cm³/mol. The Morgan fingerprint density at radius 3 is 2.65 bits per heavy atom. The average Bonchev–Trinajstić information content (AvgIpc) is 2.90. The van der Waals surface area contributed by atoms with Crippen LogP contribution in [0, 0.1) is 11.8 Å². The minimum Gasteiger partial charge on any atom is -0.289 e. The van der Waals surface area contributed by atoms with Crippen molar-refractivity contribution in [3.8, 4) is 0 Å². The van der Waals surface area contributed by atoms with Crippen molar-refractivity contribution < 1.29 is 0 Å². The number of fused-ring (bicyclic) bond motifs is 2. The summed E-state index contributed by atoms with van der Waals surface area (Å²) in [6, 6.07) is 12.3. The first kappa shape index (κ1) is 11.0. The van der Waals surface area contributed by atoms with Crippen molar-refractivity contribution in [2.75, 3.05) is 0 Å². The highest BCUT2D eigenvalue weighted by atomic mass is 15.2. The molecule has 1 saturated heterocycles. The summed E-state index contributed by atoms with van der Waals surface area (Å²) in [5, 5.41) is 0. The molecule has 1 aliphatic carbocycles. The van der Waals surface area contributed by atoms with Gasteiger partial charge in [-0.3, -0.25) is 4.90 Å². The SMILES string of the molecule is CC(C)C1C2C=CC(C2)N1Cc1ccccc1. The van der Waals surface area contributed by atoms with E-state index in [1.54, 1.807) is 0 Å². The van der Waals surface area contributed by atoms with Gasteiger partial charge in [0.15, 0.2) is 0 Å². The third-order valence-corrected chi connectivity index (χ3v) is 4.23. The molecule has 1 heteroatoms. The molecule has 17 heavy (non-hydrogen) atoms. The van der Waals surface area contributed by atoms with Crippen molar-refractivity contribution >= 4 is 0 Å². The van der Waals surface area contributed by atoms with Crippen LogP contribution in [-0.4, -0.2) is 17.0 Å². The topological polar surface area (TPSA) is 3.24 Å². The van der Waals surface area contributed by atoms with Gasteiger partial charge in [-0.1, -0.05) is 56.3 Å². The highest BCUT2D eigenvalue weighted by Gasteiger charge is 2.43. The zero-order chi connectivity index (χ0) is 11.8. The molecule has 0 amide bonds. The average molecular weight is 227 g/mol. The molecule has 1 aliphatic heterocycles. The zero-order valence-corrected chi connectivity index (χ0v) is 10.7. The lowest BCUT2D eigenvalue weighted by Crippen LogP contribution is -2.41. The smallest absolute Gasteiger partial charge is 0.0291 e. The van der Waals surface area contributed by atoms with Gasteiger partial charge in [-0.25, -0.2) is 0 Å². The maximum Gasteiger partial charge on any atom is 0.0291 e. The van der Waals surface area contributed by atoms with Gasteiger partial charge in [0.05, 0.1) is 0 Å². The monoisotopic (exact) mass is 227 g/mol. The summed E-state index contributed by atoms with van der Waals surface area (Å²) in [7, 11) is 0. The molecule has 0 aromatic heterocycles. The summed E-state index contributed by atoms with van der Waals surface area (Å²) in [5.41, 5.74) is 1.44. The summed E-state index contributed by atoms with van der Waals surface area (Å²) in [4.78, 5) is 2.70. The molecule has 1 aromatic carbocycles. The summed E-state index contributed by atoms with van der Waals surface area (Å²) < 4.78 is 0. The van der Waals surface area contributed by atoms with E-state index in [1.807, 2.05) is 0 Å². The van der Waals surface area contributed by atoms with Crippen LogP contribution in [0.25, 0.3) is 0 Å². The molecular formula is C16H21N. The van der Waals surface area contributed by atoms with E-state index in [1.165, 1.54) is 12.0 Å². The normalized spacial score (nSPS) is 31.6. The maximum atomic E-state index is 2.70. The van der Waals surface area contributed by atoms with Crippen molar-refractivity contribution in [2.45, 2.75) is 38.9 Å². The van der Waals surface area contributed by atoms with E-state index < -0.39 is 0 Å². The molecule has 3 unspecified atom stereocenters. The molecule has 90 valence electrons. The zero-order valence-electron chi connectivity index (χ0n) is 10.7. The van der Waals surface area contributed by atoms with Crippen LogP contribution >= 0.6 is 0 Å². The molecule has 1 aromatic rings. The fraction of sp³-hybridized carbons (Fsp3) is 0.500. The second kappa shape index (κ2) is 4.30. The molecule has 1 nitrogen and oxygen atoms in total. The lowest BCUT2D eigenvalue weighted by molar-refractivity contribution is 0.149. The van der Waals surface area contributed by atoms with E-state index in [0.29, 0.717) is 6.04 Å². The van der Waals surface area contributed by atoms with Gasteiger partial charge in [0.1, 0.15) is 0 Å². The maximum absolute atomic E-state index is 2.70. The Bertz CT molecular complexity index is 407. The van der Waals surface area contributed by atoms with Crippen LogP contribution in [0.15, 0.2) is 42.5 Å². The van der Waals surface area contributed by atoms with Crippen molar-refractivity contribution in [2.24, 2.45) is 11.8 Å². The fourth-order valence-corrected chi connectivity index (χ4v) is 3.57. The molecule has 0 N–H and O–H groups in total. The van der Waals surface area contributed by atoms with Crippen LogP contribution in [0.2, 0.25) is 0 Å². The van der Waals surface area contributed by atoms with Gasteiger partial charge >= 0.3 is 0 Å². The van der Waals surface area contributed by atoms with E-state index in [4.69, 9.17) is 0 Å². The standard InChI is InChI=1S/C16H21N/c1-12(2)16-14-8-9-15(10-14)17(16)11-13-6-4-3-5-7-13/h3-9,12,14-16H,10-11H2,1-2H3. The highest BCUT2D eigenvalue weighted by Crippen LogP contribution is 2.41. The molecule has 1 heterocycles. The van der Waals surface area contributed by atoms with Crippen LogP contribution in [0.4, 0.5) is 0 Å². The van der Waals surface area contributed by atoms with Gasteiger partial charge in [0.2, 0.25) is 0 Å². The third-order valence-electron chi connectivity index (χ3n) is 4.23. The minimum absolute atomic E-state index is 0.688. The number of hydrogen-bond acceptors (Lipinski definition) is 1. The van der Waals surface area contributed by atoms with Gasteiger partial charge in [0.25, 0.3) is 0 Å². The van der Waals surface area contributed by atoms with Crippen LogP contribution in [0.3, 0.4) is 0 Å².